The first-order chi connectivity index (χ1) is 14.4. The van der Waals surface area contributed by atoms with E-state index in [1.165, 1.54) is 11.3 Å². The molecule has 1 heterocycles. The number of rotatable bonds is 9. The second-order valence-corrected chi connectivity index (χ2v) is 9.36. The van der Waals surface area contributed by atoms with Crippen molar-refractivity contribution in [2.24, 2.45) is 0 Å². The molecule has 0 spiro atoms. The van der Waals surface area contributed by atoms with E-state index in [9.17, 15) is 13.2 Å². The van der Waals surface area contributed by atoms with Crippen molar-refractivity contribution in [2.45, 2.75) is 17.7 Å². The molecule has 3 aromatic rings. The molecule has 0 saturated heterocycles. The minimum absolute atomic E-state index is 0.0841. The number of amides is 1. The third kappa shape index (κ3) is 5.37. The maximum Gasteiger partial charge on any atom is 0.226 e. The maximum atomic E-state index is 12.3. The minimum atomic E-state index is -3.39. The summed E-state index contributed by atoms with van der Waals surface area (Å²) in [5, 5.41) is 5.01. The lowest BCUT2D eigenvalue weighted by Crippen LogP contribution is -2.14. The Hall–Kier alpha value is -2.91. The summed E-state index contributed by atoms with van der Waals surface area (Å²) in [6.07, 6.45) is 0.328. The molecular weight excluding hydrogens is 424 g/mol. The van der Waals surface area contributed by atoms with Crippen molar-refractivity contribution < 1.29 is 22.7 Å². The monoisotopic (exact) mass is 446 g/mol. The molecule has 0 saturated carbocycles. The van der Waals surface area contributed by atoms with E-state index in [1.54, 1.807) is 50.6 Å². The molecule has 9 heteroatoms. The molecule has 1 amide bonds. The molecular formula is C21H22N2O5S2. The first-order valence-corrected chi connectivity index (χ1v) is 11.7. The zero-order chi connectivity index (χ0) is 21.6. The van der Waals surface area contributed by atoms with Gasteiger partial charge in [0.25, 0.3) is 0 Å². The number of carbonyl (C=O) groups is 1. The second kappa shape index (κ2) is 9.73. The van der Waals surface area contributed by atoms with Crippen LogP contribution >= 0.6 is 11.3 Å². The number of aromatic nitrogens is 1. The highest BCUT2D eigenvalue weighted by atomic mass is 32.2. The van der Waals surface area contributed by atoms with Crippen LogP contribution in [-0.2, 0) is 14.6 Å². The van der Waals surface area contributed by atoms with Crippen LogP contribution in [0, 0.1) is 0 Å². The number of methoxy groups -OCH3 is 2. The average Bonchev–Trinajstić information content (AvgIpc) is 3.22. The maximum absolute atomic E-state index is 12.3. The van der Waals surface area contributed by atoms with E-state index in [-0.39, 0.29) is 29.4 Å². The number of thiazole rings is 1. The van der Waals surface area contributed by atoms with Crippen LogP contribution in [0.4, 0.5) is 5.13 Å². The van der Waals surface area contributed by atoms with E-state index >= 15 is 0 Å². The largest absolute Gasteiger partial charge is 0.493 e. The number of anilines is 1. The first kappa shape index (κ1) is 21.8. The summed E-state index contributed by atoms with van der Waals surface area (Å²) in [5.41, 5.74) is 1.53. The number of nitrogens with zero attached hydrogens (tertiary/aromatic N) is 1. The Morgan fingerprint density at radius 3 is 2.50 bits per heavy atom. The lowest BCUT2D eigenvalue weighted by atomic mass is 10.1. The highest BCUT2D eigenvalue weighted by Gasteiger charge is 2.15. The topological polar surface area (TPSA) is 94.6 Å². The third-order valence-electron chi connectivity index (χ3n) is 4.35. The van der Waals surface area contributed by atoms with Gasteiger partial charge in [0.2, 0.25) is 5.91 Å². The van der Waals surface area contributed by atoms with E-state index < -0.39 is 9.84 Å². The van der Waals surface area contributed by atoms with Gasteiger partial charge in [-0.1, -0.05) is 18.2 Å². The predicted octanol–water partition coefficient (Wildman–Crippen LogP) is 4.02. The van der Waals surface area contributed by atoms with Crippen molar-refractivity contribution in [1.29, 1.82) is 0 Å². The van der Waals surface area contributed by atoms with Gasteiger partial charge in [-0.25, -0.2) is 13.4 Å². The molecule has 0 bridgehead atoms. The Balaban J connectivity index is 1.56. The van der Waals surface area contributed by atoms with Gasteiger partial charge in [0, 0.05) is 17.4 Å². The van der Waals surface area contributed by atoms with Crippen molar-refractivity contribution in [3.05, 3.63) is 53.9 Å². The van der Waals surface area contributed by atoms with E-state index in [1.807, 2.05) is 17.5 Å². The molecule has 30 heavy (non-hydrogen) atoms. The molecule has 0 unspecified atom stereocenters. The van der Waals surface area contributed by atoms with Crippen molar-refractivity contribution in [3.63, 3.8) is 0 Å². The van der Waals surface area contributed by atoms with Crippen molar-refractivity contribution >= 4 is 32.2 Å². The SMILES string of the molecule is COc1ccc(-c2csc(NC(=O)CCCS(=O)(=O)c3ccccc3)n2)cc1OC. The Morgan fingerprint density at radius 1 is 1.07 bits per heavy atom. The van der Waals surface area contributed by atoms with Crippen molar-refractivity contribution in [3.8, 4) is 22.8 Å². The summed E-state index contributed by atoms with van der Waals surface area (Å²) in [5.74, 6) is 0.856. The van der Waals surface area contributed by atoms with Gasteiger partial charge in [-0.05, 0) is 36.8 Å². The first-order valence-electron chi connectivity index (χ1n) is 9.18. The zero-order valence-corrected chi connectivity index (χ0v) is 18.3. The van der Waals surface area contributed by atoms with Gasteiger partial charge >= 0.3 is 0 Å². The molecule has 3 rings (SSSR count). The van der Waals surface area contributed by atoms with Gasteiger partial charge in [-0.3, -0.25) is 4.79 Å². The van der Waals surface area contributed by atoms with Crippen LogP contribution in [0.25, 0.3) is 11.3 Å². The average molecular weight is 447 g/mol. The Morgan fingerprint density at radius 2 is 1.80 bits per heavy atom. The number of hydrogen-bond acceptors (Lipinski definition) is 7. The predicted molar refractivity (Wildman–Crippen MR) is 117 cm³/mol. The number of carbonyl (C=O) groups excluding carboxylic acids is 1. The smallest absolute Gasteiger partial charge is 0.226 e. The molecule has 1 aromatic heterocycles. The molecule has 1 N–H and O–H groups in total. The summed E-state index contributed by atoms with van der Waals surface area (Å²) >= 11 is 1.30. The zero-order valence-electron chi connectivity index (χ0n) is 16.6. The molecule has 0 atom stereocenters. The molecule has 0 aliphatic rings. The van der Waals surface area contributed by atoms with Crippen LogP contribution in [0.3, 0.4) is 0 Å². The third-order valence-corrected chi connectivity index (χ3v) is 6.92. The minimum Gasteiger partial charge on any atom is -0.493 e. The fraction of sp³-hybridized carbons (Fsp3) is 0.238. The molecule has 0 fully saturated rings. The second-order valence-electron chi connectivity index (χ2n) is 6.39. The molecule has 0 aliphatic carbocycles. The lowest BCUT2D eigenvalue weighted by Gasteiger charge is -2.08. The van der Waals surface area contributed by atoms with E-state index in [4.69, 9.17) is 9.47 Å². The van der Waals surface area contributed by atoms with E-state index in [0.717, 1.165) is 5.56 Å². The molecule has 0 radical (unpaired) electrons. The van der Waals surface area contributed by atoms with E-state index in [2.05, 4.69) is 10.3 Å². The number of ether oxygens (including phenoxy) is 2. The van der Waals surface area contributed by atoms with Gasteiger partial charge in [0.1, 0.15) is 0 Å². The number of hydrogen-bond donors (Lipinski definition) is 1. The Bertz CT molecular complexity index is 1110. The van der Waals surface area contributed by atoms with Crippen molar-refractivity contribution in [2.75, 3.05) is 25.3 Å². The van der Waals surface area contributed by atoms with Crippen LogP contribution in [0.2, 0.25) is 0 Å². The van der Waals surface area contributed by atoms with Crippen molar-refractivity contribution in [1.82, 2.24) is 4.98 Å². The Kier molecular flexibility index (Phi) is 7.07. The number of benzene rings is 2. The standard InChI is InChI=1S/C21H22N2O5S2/c1-27-18-11-10-15(13-19(18)28-2)17-14-29-21(22-17)23-20(24)9-6-12-30(25,26)16-7-4-3-5-8-16/h3-5,7-8,10-11,13-14H,6,9,12H2,1-2H3,(H,22,23,24). The number of sulfone groups is 1. The van der Waals surface area contributed by atoms with Crippen LogP contribution in [0.1, 0.15) is 12.8 Å². The normalized spacial score (nSPS) is 11.1. The fourth-order valence-corrected chi connectivity index (χ4v) is 4.88. The summed E-state index contributed by atoms with van der Waals surface area (Å²) in [6, 6.07) is 13.7. The highest BCUT2D eigenvalue weighted by molar-refractivity contribution is 7.91. The van der Waals surface area contributed by atoms with Gasteiger partial charge in [0.05, 0.1) is 30.6 Å². The van der Waals surface area contributed by atoms with Gasteiger partial charge in [0.15, 0.2) is 26.5 Å². The fourth-order valence-electron chi connectivity index (χ4n) is 2.81. The highest BCUT2D eigenvalue weighted by Crippen LogP contribution is 2.33. The van der Waals surface area contributed by atoms with Gasteiger partial charge in [-0.15, -0.1) is 11.3 Å². The van der Waals surface area contributed by atoms with Crippen LogP contribution in [-0.4, -0.2) is 39.3 Å². The van der Waals surface area contributed by atoms with E-state index in [0.29, 0.717) is 22.3 Å². The molecule has 7 nitrogen and oxygen atoms in total. The van der Waals surface area contributed by atoms with Crippen LogP contribution < -0.4 is 14.8 Å². The molecule has 2 aromatic carbocycles. The Labute approximate surface area is 179 Å². The van der Waals surface area contributed by atoms with Crippen LogP contribution in [0.5, 0.6) is 11.5 Å². The molecule has 158 valence electrons. The molecule has 0 aliphatic heterocycles. The summed E-state index contributed by atoms with van der Waals surface area (Å²) in [6.45, 7) is 0. The van der Waals surface area contributed by atoms with Gasteiger partial charge in [-0.2, -0.15) is 0 Å². The summed E-state index contributed by atoms with van der Waals surface area (Å²) in [4.78, 5) is 16.9. The number of nitrogens with one attached hydrogen (secondary N) is 1. The van der Waals surface area contributed by atoms with Gasteiger partial charge < -0.3 is 14.8 Å². The quantitative estimate of drug-likeness (QED) is 0.533. The van der Waals surface area contributed by atoms with Crippen LogP contribution in [0.15, 0.2) is 58.8 Å². The lowest BCUT2D eigenvalue weighted by molar-refractivity contribution is -0.116. The summed E-state index contributed by atoms with van der Waals surface area (Å²) < 4.78 is 35.1. The summed E-state index contributed by atoms with van der Waals surface area (Å²) in [7, 11) is -0.258.